The van der Waals surface area contributed by atoms with E-state index in [2.05, 4.69) is 4.98 Å². The van der Waals surface area contributed by atoms with Crippen LogP contribution in [0.25, 0.3) is 22.0 Å². The Labute approximate surface area is 109 Å². The van der Waals surface area contributed by atoms with Gasteiger partial charge in [0.25, 0.3) is 0 Å². The molecule has 0 saturated heterocycles. The van der Waals surface area contributed by atoms with Crippen LogP contribution in [0.1, 0.15) is 5.56 Å². The molecule has 2 aromatic heterocycles. The predicted molar refractivity (Wildman–Crippen MR) is 74.4 cm³/mol. The maximum atomic E-state index is 5.78. The molecule has 3 rings (SSSR count). The smallest absolute Gasteiger partial charge is 0.165 e. The summed E-state index contributed by atoms with van der Waals surface area (Å²) in [4.78, 5) is 4.59. The van der Waals surface area contributed by atoms with Gasteiger partial charge in [0.1, 0.15) is 0 Å². The molecule has 0 radical (unpaired) electrons. The van der Waals surface area contributed by atoms with E-state index in [1.165, 1.54) is 0 Å². The molecule has 0 aliphatic rings. The third kappa shape index (κ3) is 1.91. The van der Waals surface area contributed by atoms with Gasteiger partial charge in [0, 0.05) is 16.6 Å². The molecule has 2 N–H and O–H groups in total. The van der Waals surface area contributed by atoms with Gasteiger partial charge in [-0.1, -0.05) is 12.1 Å². The maximum absolute atomic E-state index is 5.78. The van der Waals surface area contributed by atoms with Crippen LogP contribution in [0.3, 0.4) is 0 Å². The van der Waals surface area contributed by atoms with Gasteiger partial charge < -0.3 is 10.2 Å². The number of nitrogen functional groups attached to an aromatic ring is 1. The molecule has 0 unspecified atom stereocenters. The van der Waals surface area contributed by atoms with Crippen molar-refractivity contribution in [1.82, 2.24) is 4.98 Å². The van der Waals surface area contributed by atoms with Crippen LogP contribution in [0.15, 0.2) is 46.4 Å². The van der Waals surface area contributed by atoms with Crippen molar-refractivity contribution in [2.24, 2.45) is 0 Å². The zero-order chi connectivity index (χ0) is 12.5. The number of anilines is 1. The minimum atomic E-state index is 0.747. The minimum absolute atomic E-state index is 0.747. The average Bonchev–Trinajstić information content (AvgIpc) is 2.97. The molecule has 3 nitrogen and oxygen atoms in total. The maximum Gasteiger partial charge on any atom is 0.165 e. The predicted octanol–water partition coefficient (Wildman–Crippen LogP) is 3.96. The topological polar surface area (TPSA) is 52.0 Å². The first kappa shape index (κ1) is 11.0. The number of benzene rings is 1. The lowest BCUT2D eigenvalue weighted by molar-refractivity contribution is 0.580. The number of hydrogen-bond acceptors (Lipinski definition) is 4. The van der Waals surface area contributed by atoms with Gasteiger partial charge in [0.15, 0.2) is 10.8 Å². The lowest BCUT2D eigenvalue weighted by Gasteiger charge is -1.97. The molecule has 0 fully saturated rings. The number of furan rings is 1. The molecule has 0 saturated carbocycles. The van der Waals surface area contributed by atoms with E-state index in [4.69, 9.17) is 10.2 Å². The number of hydrogen-bond donors (Lipinski definition) is 1. The second kappa shape index (κ2) is 4.31. The monoisotopic (exact) mass is 256 g/mol. The molecule has 0 aliphatic carbocycles. The Morgan fingerprint density at radius 2 is 2.17 bits per heavy atom. The first-order chi connectivity index (χ1) is 8.74. The summed E-state index contributed by atoms with van der Waals surface area (Å²) < 4.78 is 5.45. The van der Waals surface area contributed by atoms with Crippen molar-refractivity contribution in [3.63, 3.8) is 0 Å². The second-order valence-corrected chi connectivity index (χ2v) is 4.95. The number of aromatic nitrogens is 1. The molecule has 18 heavy (non-hydrogen) atoms. The van der Waals surface area contributed by atoms with Crippen LogP contribution in [-0.4, -0.2) is 4.98 Å². The molecule has 3 aromatic rings. The third-order valence-electron chi connectivity index (χ3n) is 2.74. The van der Waals surface area contributed by atoms with Gasteiger partial charge >= 0.3 is 0 Å². The Bertz CT molecular complexity index is 684. The van der Waals surface area contributed by atoms with Crippen LogP contribution in [-0.2, 0) is 0 Å². The lowest BCUT2D eigenvalue weighted by Crippen LogP contribution is -1.85. The van der Waals surface area contributed by atoms with Crippen LogP contribution in [0.2, 0.25) is 0 Å². The summed E-state index contributed by atoms with van der Waals surface area (Å²) in [5.41, 5.74) is 9.58. The summed E-state index contributed by atoms with van der Waals surface area (Å²) in [7, 11) is 0. The van der Waals surface area contributed by atoms with Gasteiger partial charge in [-0.3, -0.25) is 0 Å². The largest absolute Gasteiger partial charge is 0.462 e. The fourth-order valence-corrected chi connectivity index (χ4v) is 2.68. The van der Waals surface area contributed by atoms with Crippen molar-refractivity contribution >= 4 is 17.0 Å². The van der Waals surface area contributed by atoms with Gasteiger partial charge in [-0.25, -0.2) is 4.98 Å². The number of thiazole rings is 1. The first-order valence-electron chi connectivity index (χ1n) is 5.60. The normalized spacial score (nSPS) is 10.7. The van der Waals surface area contributed by atoms with E-state index in [9.17, 15) is 0 Å². The highest BCUT2D eigenvalue weighted by atomic mass is 32.1. The molecule has 90 valence electrons. The van der Waals surface area contributed by atoms with Gasteiger partial charge in [-0.15, -0.1) is 11.3 Å². The Kier molecular flexibility index (Phi) is 2.64. The molecule has 4 heteroatoms. The summed E-state index contributed by atoms with van der Waals surface area (Å²) in [6.07, 6.45) is 1.69. The van der Waals surface area contributed by atoms with Crippen LogP contribution in [0, 0.1) is 6.92 Å². The van der Waals surface area contributed by atoms with Crippen LogP contribution in [0.5, 0.6) is 0 Å². The summed E-state index contributed by atoms with van der Waals surface area (Å²) in [5, 5.41) is 2.92. The molecule has 0 atom stereocenters. The van der Waals surface area contributed by atoms with E-state index < -0.39 is 0 Å². The fraction of sp³-hybridized carbons (Fsp3) is 0.0714. The van der Waals surface area contributed by atoms with Gasteiger partial charge in [-0.2, -0.15) is 0 Å². The van der Waals surface area contributed by atoms with Crippen LogP contribution < -0.4 is 5.73 Å². The molecule has 2 heterocycles. The van der Waals surface area contributed by atoms with Crippen molar-refractivity contribution < 1.29 is 4.42 Å². The van der Waals surface area contributed by atoms with Gasteiger partial charge in [0.2, 0.25) is 0 Å². The molecule has 0 aliphatic heterocycles. The van der Waals surface area contributed by atoms with Crippen molar-refractivity contribution in [2.45, 2.75) is 6.92 Å². The molecule has 0 spiro atoms. The highest BCUT2D eigenvalue weighted by Gasteiger charge is 2.11. The van der Waals surface area contributed by atoms with E-state index in [-0.39, 0.29) is 0 Å². The minimum Gasteiger partial charge on any atom is -0.462 e. The van der Waals surface area contributed by atoms with E-state index >= 15 is 0 Å². The summed E-state index contributed by atoms with van der Waals surface area (Å²) in [6, 6.07) is 9.67. The Balaban J connectivity index is 2.02. The summed E-state index contributed by atoms with van der Waals surface area (Å²) >= 11 is 1.58. The molecular weight excluding hydrogens is 244 g/mol. The third-order valence-corrected chi connectivity index (χ3v) is 3.58. The van der Waals surface area contributed by atoms with Crippen molar-refractivity contribution in [2.75, 3.05) is 5.73 Å². The van der Waals surface area contributed by atoms with Crippen molar-refractivity contribution in [3.8, 4) is 22.0 Å². The SMILES string of the molecule is Cc1ccoc1-c1nc(-c2cccc(N)c2)cs1. The number of rotatable bonds is 2. The first-order valence-corrected chi connectivity index (χ1v) is 6.48. The van der Waals surface area contributed by atoms with E-state index in [0.717, 1.165) is 33.3 Å². The average molecular weight is 256 g/mol. The Hall–Kier alpha value is -2.07. The molecule has 1 aromatic carbocycles. The zero-order valence-corrected chi connectivity index (χ0v) is 10.7. The molecular formula is C14H12N2OS. The Morgan fingerprint density at radius 3 is 2.89 bits per heavy atom. The van der Waals surface area contributed by atoms with E-state index in [1.807, 2.05) is 42.6 Å². The molecule has 0 amide bonds. The lowest BCUT2D eigenvalue weighted by atomic mass is 10.1. The van der Waals surface area contributed by atoms with Crippen LogP contribution >= 0.6 is 11.3 Å². The van der Waals surface area contributed by atoms with Crippen molar-refractivity contribution in [1.29, 1.82) is 0 Å². The van der Waals surface area contributed by atoms with E-state index in [1.54, 1.807) is 17.6 Å². The van der Waals surface area contributed by atoms with Gasteiger partial charge in [0.05, 0.1) is 12.0 Å². The second-order valence-electron chi connectivity index (χ2n) is 4.10. The fourth-order valence-electron chi connectivity index (χ4n) is 1.80. The highest BCUT2D eigenvalue weighted by molar-refractivity contribution is 7.13. The molecule has 0 bridgehead atoms. The van der Waals surface area contributed by atoms with Crippen molar-refractivity contribution in [3.05, 3.63) is 47.5 Å². The summed E-state index contributed by atoms with van der Waals surface area (Å²) in [6.45, 7) is 2.01. The van der Waals surface area contributed by atoms with Gasteiger partial charge in [-0.05, 0) is 30.7 Å². The quantitative estimate of drug-likeness (QED) is 0.706. The Morgan fingerprint density at radius 1 is 1.28 bits per heavy atom. The standard InChI is InChI=1S/C14H12N2OS/c1-9-5-6-17-13(9)14-16-12(8-18-14)10-3-2-4-11(15)7-10/h2-8H,15H2,1H3. The van der Waals surface area contributed by atoms with E-state index in [0.29, 0.717) is 0 Å². The van der Waals surface area contributed by atoms with Crippen LogP contribution in [0.4, 0.5) is 5.69 Å². The summed E-state index contributed by atoms with van der Waals surface area (Å²) in [5.74, 6) is 0.843. The highest BCUT2D eigenvalue weighted by Crippen LogP contribution is 2.31. The number of nitrogens with two attached hydrogens (primary N) is 1. The zero-order valence-electron chi connectivity index (χ0n) is 9.88. The number of aryl methyl sites for hydroxylation is 1. The number of nitrogens with zero attached hydrogens (tertiary/aromatic N) is 1.